The summed E-state index contributed by atoms with van der Waals surface area (Å²) in [5.41, 5.74) is 5.29. The van der Waals surface area contributed by atoms with E-state index in [0.29, 0.717) is 11.4 Å². The van der Waals surface area contributed by atoms with Crippen LogP contribution in [-0.2, 0) is 4.79 Å². The molecule has 2 fully saturated rings. The van der Waals surface area contributed by atoms with Crippen LogP contribution in [0.25, 0.3) is 5.57 Å². The number of ketones is 1. The lowest BCUT2D eigenvalue weighted by Crippen LogP contribution is -2.49. The number of allylic oxidation sites excluding steroid dienone is 4. The van der Waals surface area contributed by atoms with E-state index in [9.17, 15) is 4.79 Å². The molecule has 138 valence electrons. The zero-order valence-corrected chi connectivity index (χ0v) is 16.5. The summed E-state index contributed by atoms with van der Waals surface area (Å²) in [5.74, 6) is 2.58. The van der Waals surface area contributed by atoms with Gasteiger partial charge in [0, 0.05) is 12.6 Å². The van der Waals surface area contributed by atoms with E-state index in [2.05, 4.69) is 31.0 Å². The van der Waals surface area contributed by atoms with E-state index in [0.717, 1.165) is 37.0 Å². The van der Waals surface area contributed by atoms with Gasteiger partial charge in [-0.3, -0.25) is 9.78 Å². The third kappa shape index (κ3) is 2.46. The van der Waals surface area contributed by atoms with E-state index in [-0.39, 0.29) is 10.8 Å². The first-order valence-electron chi connectivity index (χ1n) is 10.6. The molecule has 4 aliphatic rings. The minimum Gasteiger partial charge on any atom is -0.295 e. The maximum absolute atomic E-state index is 12.0. The Kier molecular flexibility index (Phi) is 3.83. The first-order chi connectivity index (χ1) is 12.9. The molecule has 2 saturated carbocycles. The molecule has 4 aliphatic carbocycles. The SMILES string of the molecule is [B]c1ccc(C2=CCC3C4CCC5=CC(=O)CC[C@]5(C)C4CC[C@]23C)cn1. The van der Waals surface area contributed by atoms with Gasteiger partial charge >= 0.3 is 0 Å². The smallest absolute Gasteiger partial charge is 0.155 e. The van der Waals surface area contributed by atoms with Crippen LogP contribution < -0.4 is 5.59 Å². The standard InChI is InChI=1S/C24H28BNO/c1-23-11-9-17(27)13-16(23)4-5-18-20-7-6-19(15-3-8-22(25)26-14-15)24(20,2)12-10-21(18)23/h3,6,8,13-14,18,20-21H,4-5,7,9-12H2,1-2H3/t18?,20?,21?,23-,24+/m0/s1. The summed E-state index contributed by atoms with van der Waals surface area (Å²) >= 11 is 0. The second-order valence-electron chi connectivity index (χ2n) is 9.75. The maximum atomic E-state index is 12.0. The summed E-state index contributed by atoms with van der Waals surface area (Å²) in [6.07, 6.45) is 14.3. The van der Waals surface area contributed by atoms with Crippen molar-refractivity contribution in [2.75, 3.05) is 0 Å². The predicted octanol–water partition coefficient (Wildman–Crippen LogP) is 4.40. The number of carbonyl (C=O) groups excluding carboxylic acids is 1. The van der Waals surface area contributed by atoms with Crippen molar-refractivity contribution < 1.29 is 4.79 Å². The Morgan fingerprint density at radius 3 is 2.70 bits per heavy atom. The highest BCUT2D eigenvalue weighted by Crippen LogP contribution is 2.66. The van der Waals surface area contributed by atoms with Gasteiger partial charge in [-0.1, -0.05) is 37.6 Å². The van der Waals surface area contributed by atoms with E-state index in [4.69, 9.17) is 7.85 Å². The molecule has 0 aromatic carbocycles. The number of aromatic nitrogens is 1. The normalized spacial score (nSPS) is 40.5. The average molecular weight is 357 g/mol. The molecule has 0 saturated heterocycles. The second-order valence-corrected chi connectivity index (χ2v) is 9.75. The molecule has 1 heterocycles. The van der Waals surface area contributed by atoms with Crippen LogP contribution in [0.2, 0.25) is 0 Å². The van der Waals surface area contributed by atoms with E-state index < -0.39 is 0 Å². The summed E-state index contributed by atoms with van der Waals surface area (Å²) in [7, 11) is 5.80. The molecule has 27 heavy (non-hydrogen) atoms. The average Bonchev–Trinajstić information content (AvgIpc) is 3.00. The fourth-order valence-electron chi connectivity index (χ4n) is 7.14. The molecular weight excluding hydrogens is 329 g/mol. The highest BCUT2D eigenvalue weighted by molar-refractivity contribution is 6.30. The molecular formula is C24H28BNO. The van der Waals surface area contributed by atoms with Crippen LogP contribution >= 0.6 is 0 Å². The van der Waals surface area contributed by atoms with Crippen molar-refractivity contribution in [3.05, 3.63) is 41.6 Å². The molecule has 0 N–H and O–H groups in total. The Morgan fingerprint density at radius 2 is 1.93 bits per heavy atom. The van der Waals surface area contributed by atoms with Crippen molar-refractivity contribution in [3.63, 3.8) is 0 Å². The van der Waals surface area contributed by atoms with Crippen molar-refractivity contribution in [1.82, 2.24) is 4.98 Å². The number of hydrogen-bond acceptors (Lipinski definition) is 2. The third-order valence-corrected chi connectivity index (χ3v) is 8.64. The van der Waals surface area contributed by atoms with Gasteiger partial charge in [0.2, 0.25) is 0 Å². The lowest BCUT2D eigenvalue weighted by atomic mass is 9.46. The van der Waals surface area contributed by atoms with Crippen LogP contribution in [-0.4, -0.2) is 18.6 Å². The van der Waals surface area contributed by atoms with Crippen LogP contribution in [0.5, 0.6) is 0 Å². The molecule has 0 bridgehead atoms. The number of rotatable bonds is 1. The first-order valence-corrected chi connectivity index (χ1v) is 10.6. The Bertz CT molecular complexity index is 854. The predicted molar refractivity (Wildman–Crippen MR) is 110 cm³/mol. The van der Waals surface area contributed by atoms with Crippen molar-refractivity contribution >= 4 is 24.8 Å². The van der Waals surface area contributed by atoms with Gasteiger partial charge in [0.1, 0.15) is 7.85 Å². The van der Waals surface area contributed by atoms with Crippen molar-refractivity contribution in [3.8, 4) is 0 Å². The van der Waals surface area contributed by atoms with Gasteiger partial charge in [-0.2, -0.15) is 0 Å². The van der Waals surface area contributed by atoms with Crippen molar-refractivity contribution in [2.24, 2.45) is 28.6 Å². The van der Waals surface area contributed by atoms with E-state index >= 15 is 0 Å². The van der Waals surface area contributed by atoms with E-state index in [1.807, 2.05) is 18.3 Å². The van der Waals surface area contributed by atoms with Crippen molar-refractivity contribution in [1.29, 1.82) is 0 Å². The van der Waals surface area contributed by atoms with Crippen LogP contribution in [0.3, 0.4) is 0 Å². The molecule has 0 aliphatic heterocycles. The molecule has 1 aromatic rings. The zero-order chi connectivity index (χ0) is 18.8. The Hall–Kier alpha value is -1.64. The minimum absolute atomic E-state index is 0.251. The van der Waals surface area contributed by atoms with Gasteiger partial charge in [-0.05, 0) is 89.9 Å². The topological polar surface area (TPSA) is 30.0 Å². The number of carbonyl (C=O) groups is 1. The van der Waals surface area contributed by atoms with Crippen LogP contribution in [0.15, 0.2) is 36.1 Å². The molecule has 1 aromatic heterocycles. The summed E-state index contributed by atoms with van der Waals surface area (Å²) in [5, 5.41) is 0. The summed E-state index contributed by atoms with van der Waals surface area (Å²) in [4.78, 5) is 16.3. The van der Waals surface area contributed by atoms with Crippen molar-refractivity contribution in [2.45, 2.75) is 58.8 Å². The molecule has 2 nitrogen and oxygen atoms in total. The molecule has 2 radical (unpaired) electrons. The highest BCUT2D eigenvalue weighted by atomic mass is 16.1. The van der Waals surface area contributed by atoms with Gasteiger partial charge < -0.3 is 0 Å². The quantitative estimate of drug-likeness (QED) is 0.698. The molecule has 3 unspecified atom stereocenters. The number of nitrogens with zero attached hydrogens (tertiary/aromatic N) is 1. The Morgan fingerprint density at radius 1 is 1.07 bits per heavy atom. The second kappa shape index (κ2) is 5.93. The number of hydrogen-bond donors (Lipinski definition) is 0. The lowest BCUT2D eigenvalue weighted by molar-refractivity contribution is -0.117. The monoisotopic (exact) mass is 357 g/mol. The van der Waals surface area contributed by atoms with Crippen LogP contribution in [0, 0.1) is 28.6 Å². The van der Waals surface area contributed by atoms with Gasteiger partial charge in [-0.15, -0.1) is 0 Å². The number of pyridine rings is 1. The van der Waals surface area contributed by atoms with Crippen LogP contribution in [0.1, 0.15) is 64.4 Å². The lowest BCUT2D eigenvalue weighted by Gasteiger charge is -2.57. The molecule has 3 heteroatoms. The fraction of sp³-hybridized carbons (Fsp3) is 0.583. The van der Waals surface area contributed by atoms with Gasteiger partial charge in [0.05, 0.1) is 0 Å². The fourth-order valence-corrected chi connectivity index (χ4v) is 7.14. The first kappa shape index (κ1) is 17.5. The summed E-state index contributed by atoms with van der Waals surface area (Å²) in [6, 6.07) is 4.07. The van der Waals surface area contributed by atoms with Crippen LogP contribution in [0.4, 0.5) is 0 Å². The summed E-state index contributed by atoms with van der Waals surface area (Å²) < 4.78 is 0. The number of fused-ring (bicyclic) bond motifs is 5. The molecule has 5 atom stereocenters. The van der Waals surface area contributed by atoms with Gasteiger partial charge in [0.25, 0.3) is 0 Å². The Balaban J connectivity index is 1.47. The van der Waals surface area contributed by atoms with Gasteiger partial charge in [0.15, 0.2) is 5.78 Å². The van der Waals surface area contributed by atoms with Gasteiger partial charge in [-0.25, -0.2) is 0 Å². The zero-order valence-electron chi connectivity index (χ0n) is 16.5. The largest absolute Gasteiger partial charge is 0.295 e. The minimum atomic E-state index is 0.251. The molecule has 5 rings (SSSR count). The Labute approximate surface area is 163 Å². The molecule has 0 amide bonds. The molecule has 0 spiro atoms. The highest BCUT2D eigenvalue weighted by Gasteiger charge is 2.57. The van der Waals surface area contributed by atoms with E-state index in [1.54, 1.807) is 0 Å². The van der Waals surface area contributed by atoms with E-state index in [1.165, 1.54) is 42.4 Å². The third-order valence-electron chi connectivity index (χ3n) is 8.64. The summed E-state index contributed by atoms with van der Waals surface area (Å²) in [6.45, 7) is 4.94. The maximum Gasteiger partial charge on any atom is 0.155 e.